The normalized spacial score (nSPS) is 11.6. The molecule has 4 rings (SSSR count). The van der Waals surface area contributed by atoms with Gasteiger partial charge in [-0.2, -0.15) is 5.10 Å². The molecular weight excluding hydrogens is 419 g/mol. The molecule has 0 atom stereocenters. The molecule has 0 unspecified atom stereocenters. The molecule has 1 N–H and O–H groups in total. The minimum atomic E-state index is -3.44. The van der Waals surface area contributed by atoms with E-state index in [1.54, 1.807) is 49.1 Å². The molecule has 2 aromatic heterocycles. The van der Waals surface area contributed by atoms with Gasteiger partial charge in [0, 0.05) is 23.5 Å². The van der Waals surface area contributed by atoms with Gasteiger partial charge >= 0.3 is 0 Å². The summed E-state index contributed by atoms with van der Waals surface area (Å²) in [5, 5.41) is 7.66. The fraction of sp³-hybridized carbons (Fsp3) is 0.136. The van der Waals surface area contributed by atoms with E-state index in [-0.39, 0.29) is 16.3 Å². The van der Waals surface area contributed by atoms with Gasteiger partial charge in [0.1, 0.15) is 5.82 Å². The number of aromatic nitrogens is 3. The molecule has 9 heteroatoms. The number of anilines is 1. The third-order valence-corrected chi connectivity index (χ3v) is 6.22. The highest BCUT2D eigenvalue weighted by molar-refractivity contribution is 7.90. The molecule has 0 aliphatic heterocycles. The molecule has 0 spiro atoms. The second kappa shape index (κ2) is 7.59. The summed E-state index contributed by atoms with van der Waals surface area (Å²) < 4.78 is 38.9. The van der Waals surface area contributed by atoms with Gasteiger partial charge in [0.05, 0.1) is 34.1 Å². The molecule has 0 bridgehead atoms. The van der Waals surface area contributed by atoms with Gasteiger partial charge in [0.2, 0.25) is 0 Å². The molecule has 0 saturated carbocycles. The lowest BCUT2D eigenvalue weighted by molar-refractivity contribution is 0.102. The summed E-state index contributed by atoms with van der Waals surface area (Å²) in [6, 6.07) is 9.00. The van der Waals surface area contributed by atoms with Gasteiger partial charge in [-0.15, -0.1) is 0 Å². The van der Waals surface area contributed by atoms with Gasteiger partial charge in [0.25, 0.3) is 5.91 Å². The van der Waals surface area contributed by atoms with Crippen molar-refractivity contribution in [2.24, 2.45) is 0 Å². The Morgan fingerprint density at radius 1 is 1.03 bits per heavy atom. The Labute approximate surface area is 178 Å². The number of pyridine rings is 1. The summed E-state index contributed by atoms with van der Waals surface area (Å²) in [5.41, 5.74) is 3.24. The van der Waals surface area contributed by atoms with Gasteiger partial charge in [-0.1, -0.05) is 6.07 Å². The van der Waals surface area contributed by atoms with Gasteiger partial charge in [0.15, 0.2) is 9.84 Å². The minimum absolute atomic E-state index is 0.161. The van der Waals surface area contributed by atoms with Gasteiger partial charge in [-0.05, 0) is 55.3 Å². The minimum Gasteiger partial charge on any atom is -0.322 e. The quantitative estimate of drug-likeness (QED) is 0.523. The van der Waals surface area contributed by atoms with Gasteiger partial charge in [-0.25, -0.2) is 17.5 Å². The molecule has 0 saturated heterocycles. The van der Waals surface area contributed by atoms with Crippen LogP contribution in [-0.2, 0) is 9.84 Å². The zero-order valence-corrected chi connectivity index (χ0v) is 17.9. The van der Waals surface area contributed by atoms with Crippen molar-refractivity contribution in [1.82, 2.24) is 14.8 Å². The van der Waals surface area contributed by atoms with E-state index in [0.717, 1.165) is 11.8 Å². The number of fused-ring (bicyclic) bond motifs is 1. The number of carbonyl (C=O) groups excluding carboxylic acids is 1. The first-order valence-corrected chi connectivity index (χ1v) is 11.2. The maximum absolute atomic E-state index is 13.2. The average Bonchev–Trinajstić information content (AvgIpc) is 3.13. The molecule has 2 aromatic carbocycles. The van der Waals surface area contributed by atoms with Gasteiger partial charge < -0.3 is 5.32 Å². The van der Waals surface area contributed by atoms with E-state index in [9.17, 15) is 17.6 Å². The Kier molecular flexibility index (Phi) is 5.06. The maximum Gasteiger partial charge on any atom is 0.257 e. The number of hydrogen-bond acceptors (Lipinski definition) is 5. The van der Waals surface area contributed by atoms with E-state index in [0.29, 0.717) is 27.8 Å². The molecule has 7 nitrogen and oxygen atoms in total. The first-order valence-electron chi connectivity index (χ1n) is 9.35. The second-order valence-corrected chi connectivity index (χ2v) is 9.30. The number of rotatable bonds is 4. The maximum atomic E-state index is 13.2. The average molecular weight is 438 g/mol. The van der Waals surface area contributed by atoms with Gasteiger partial charge in [-0.3, -0.25) is 9.78 Å². The highest BCUT2D eigenvalue weighted by Crippen LogP contribution is 2.26. The number of carbonyl (C=O) groups is 1. The fourth-order valence-corrected chi connectivity index (χ4v) is 4.44. The number of sulfone groups is 1. The number of hydrogen-bond donors (Lipinski definition) is 1. The van der Waals surface area contributed by atoms with Crippen LogP contribution < -0.4 is 5.32 Å². The summed E-state index contributed by atoms with van der Waals surface area (Å²) in [7, 11) is -3.44. The zero-order valence-electron chi connectivity index (χ0n) is 17.0. The van der Waals surface area contributed by atoms with Crippen molar-refractivity contribution >= 4 is 32.3 Å². The largest absolute Gasteiger partial charge is 0.322 e. The van der Waals surface area contributed by atoms with Crippen LogP contribution in [-0.4, -0.2) is 35.3 Å². The fourth-order valence-electron chi connectivity index (χ4n) is 3.47. The monoisotopic (exact) mass is 438 g/mol. The molecule has 0 aliphatic rings. The Hall–Kier alpha value is -3.59. The topological polar surface area (TPSA) is 93.9 Å². The van der Waals surface area contributed by atoms with Crippen molar-refractivity contribution in [2.75, 3.05) is 11.6 Å². The number of aryl methyl sites for hydroxylation is 2. The van der Waals surface area contributed by atoms with Crippen LogP contribution in [0.25, 0.3) is 16.6 Å². The van der Waals surface area contributed by atoms with Crippen molar-refractivity contribution in [3.63, 3.8) is 0 Å². The Morgan fingerprint density at radius 2 is 1.74 bits per heavy atom. The summed E-state index contributed by atoms with van der Waals surface area (Å²) >= 11 is 0. The van der Waals surface area contributed by atoms with Crippen LogP contribution in [0.1, 0.15) is 21.5 Å². The van der Waals surface area contributed by atoms with E-state index in [1.807, 2.05) is 0 Å². The highest BCUT2D eigenvalue weighted by Gasteiger charge is 2.18. The summed E-state index contributed by atoms with van der Waals surface area (Å²) in [6.45, 7) is 3.50. The van der Waals surface area contributed by atoms with Crippen molar-refractivity contribution in [2.45, 2.75) is 18.7 Å². The standard InChI is InChI=1S/C22H19FN4O3S/c1-13-8-14(2)21(31(3,29)30)9-19(13)26-22(28)18-10-24-12-20-17(18)11-25-27(20)16-6-4-15(23)5-7-16/h4-12H,1-3H3,(H,26,28). The summed E-state index contributed by atoms with van der Waals surface area (Å²) in [5.74, 6) is -0.802. The molecule has 31 heavy (non-hydrogen) atoms. The summed E-state index contributed by atoms with van der Waals surface area (Å²) in [4.78, 5) is 17.3. The lowest BCUT2D eigenvalue weighted by atomic mass is 10.1. The smallest absolute Gasteiger partial charge is 0.257 e. The molecular formula is C22H19FN4O3S. The first kappa shape index (κ1) is 20.7. The third-order valence-electron chi connectivity index (χ3n) is 4.98. The van der Waals surface area contributed by atoms with Crippen LogP contribution in [0.2, 0.25) is 0 Å². The van der Waals surface area contributed by atoms with Crippen LogP contribution >= 0.6 is 0 Å². The zero-order chi connectivity index (χ0) is 22.3. The second-order valence-electron chi connectivity index (χ2n) is 7.31. The molecule has 158 valence electrons. The summed E-state index contributed by atoms with van der Waals surface area (Å²) in [6.07, 6.45) is 5.67. The molecule has 4 aromatic rings. The van der Waals surface area contributed by atoms with Crippen molar-refractivity contribution in [3.05, 3.63) is 77.5 Å². The molecule has 0 radical (unpaired) electrons. The van der Waals surface area contributed by atoms with Crippen LogP contribution in [0.15, 0.2) is 59.9 Å². The van der Waals surface area contributed by atoms with E-state index >= 15 is 0 Å². The number of nitrogens with zero attached hydrogens (tertiary/aromatic N) is 3. The lowest BCUT2D eigenvalue weighted by Crippen LogP contribution is -2.14. The predicted octanol–water partition coefficient (Wildman–Crippen LogP) is 3.83. The number of amides is 1. The van der Waals surface area contributed by atoms with E-state index in [2.05, 4.69) is 15.4 Å². The third kappa shape index (κ3) is 3.91. The van der Waals surface area contributed by atoms with Crippen molar-refractivity contribution in [1.29, 1.82) is 0 Å². The first-order chi connectivity index (χ1) is 14.6. The van der Waals surface area contributed by atoms with Crippen LogP contribution in [0.4, 0.5) is 10.1 Å². The van der Waals surface area contributed by atoms with Crippen LogP contribution in [0.3, 0.4) is 0 Å². The SMILES string of the molecule is Cc1cc(C)c(S(C)(=O)=O)cc1NC(=O)c1cncc2c1cnn2-c1ccc(F)cc1. The Balaban J connectivity index is 1.74. The Bertz CT molecular complexity index is 1430. The number of halogens is 1. The van der Waals surface area contributed by atoms with Crippen molar-refractivity contribution in [3.8, 4) is 5.69 Å². The van der Waals surface area contributed by atoms with E-state index in [1.165, 1.54) is 24.4 Å². The molecule has 0 aliphatic carbocycles. The molecule has 1 amide bonds. The van der Waals surface area contributed by atoms with E-state index in [4.69, 9.17) is 0 Å². The Morgan fingerprint density at radius 3 is 2.42 bits per heavy atom. The van der Waals surface area contributed by atoms with Crippen LogP contribution in [0, 0.1) is 19.7 Å². The predicted molar refractivity (Wildman–Crippen MR) is 116 cm³/mol. The highest BCUT2D eigenvalue weighted by atomic mass is 32.2. The lowest BCUT2D eigenvalue weighted by Gasteiger charge is -2.13. The number of benzene rings is 2. The van der Waals surface area contributed by atoms with Crippen LogP contribution in [0.5, 0.6) is 0 Å². The van der Waals surface area contributed by atoms with E-state index < -0.39 is 15.7 Å². The van der Waals surface area contributed by atoms with Crippen molar-refractivity contribution < 1.29 is 17.6 Å². The molecule has 0 fully saturated rings. The molecule has 2 heterocycles. The number of nitrogens with one attached hydrogen (secondary N) is 1.